The predicted octanol–water partition coefficient (Wildman–Crippen LogP) is 2.96. The van der Waals surface area contributed by atoms with Crippen LogP contribution in [0.15, 0.2) is 18.2 Å². The van der Waals surface area contributed by atoms with Crippen molar-refractivity contribution in [2.75, 3.05) is 26.2 Å². The van der Waals surface area contributed by atoms with Crippen LogP contribution in [0.1, 0.15) is 24.8 Å². The van der Waals surface area contributed by atoms with Crippen LogP contribution in [-0.2, 0) is 6.54 Å². The zero-order valence-corrected chi connectivity index (χ0v) is 12.3. The van der Waals surface area contributed by atoms with Crippen LogP contribution in [0.2, 0.25) is 0 Å². The maximum atomic E-state index is 13.2. The molecule has 1 spiro atoms. The predicted molar refractivity (Wildman–Crippen MR) is 78.0 cm³/mol. The molecular weight excluding hydrogens is 282 g/mol. The molecule has 2 nitrogen and oxygen atoms in total. The molecule has 1 N–H and O–H groups in total. The Morgan fingerprint density at radius 1 is 1.05 bits per heavy atom. The highest BCUT2D eigenvalue weighted by Crippen LogP contribution is 2.39. The summed E-state index contributed by atoms with van der Waals surface area (Å²) in [6.45, 7) is 4.96. The lowest BCUT2D eigenvalue weighted by molar-refractivity contribution is 0.194. The number of nitrogens with zero attached hydrogens (tertiary/aromatic N) is 1. The molecule has 0 unspecified atom stereocenters. The van der Waals surface area contributed by atoms with Gasteiger partial charge in [0, 0.05) is 19.2 Å². The number of rotatable bonds is 2. The smallest absolute Gasteiger partial charge is 0.126 e. The standard InChI is InChI=1S/C15H20F2N2.ClH/c16-13-7-12(8-14(17)9-13)10-19-6-3-15(11-19)1-4-18-5-2-15;/h7-9,18H,1-6,10-11H2;1H. The van der Waals surface area contributed by atoms with Crippen LogP contribution in [-0.4, -0.2) is 31.1 Å². The molecule has 0 aliphatic carbocycles. The Morgan fingerprint density at radius 3 is 2.35 bits per heavy atom. The van der Waals surface area contributed by atoms with E-state index in [2.05, 4.69) is 10.2 Å². The third kappa shape index (κ3) is 3.48. The van der Waals surface area contributed by atoms with E-state index >= 15 is 0 Å². The molecule has 1 aromatic carbocycles. The highest BCUT2D eigenvalue weighted by molar-refractivity contribution is 5.85. The molecule has 0 amide bonds. The van der Waals surface area contributed by atoms with E-state index in [1.165, 1.54) is 31.4 Å². The summed E-state index contributed by atoms with van der Waals surface area (Å²) in [5.74, 6) is -0.962. The first-order valence-corrected chi connectivity index (χ1v) is 7.03. The van der Waals surface area contributed by atoms with E-state index in [1.807, 2.05) is 0 Å². The van der Waals surface area contributed by atoms with E-state index in [0.29, 0.717) is 12.0 Å². The molecular formula is C15H21ClF2N2. The van der Waals surface area contributed by atoms with Crippen molar-refractivity contribution < 1.29 is 8.78 Å². The second-order valence-corrected chi connectivity index (χ2v) is 5.99. The number of piperidine rings is 1. The second kappa shape index (κ2) is 6.37. The maximum Gasteiger partial charge on any atom is 0.126 e. The molecule has 2 heterocycles. The minimum atomic E-state index is -0.481. The summed E-state index contributed by atoms with van der Waals surface area (Å²) in [6, 6.07) is 3.81. The molecule has 2 aliphatic heterocycles. The molecule has 2 saturated heterocycles. The van der Waals surface area contributed by atoms with Gasteiger partial charge in [-0.05, 0) is 62.0 Å². The lowest BCUT2D eigenvalue weighted by Gasteiger charge is -2.33. The van der Waals surface area contributed by atoms with Gasteiger partial charge in [0.2, 0.25) is 0 Å². The molecule has 5 heteroatoms. The van der Waals surface area contributed by atoms with Crippen molar-refractivity contribution in [1.82, 2.24) is 10.2 Å². The number of hydrogen-bond donors (Lipinski definition) is 1. The van der Waals surface area contributed by atoms with Gasteiger partial charge < -0.3 is 5.32 Å². The largest absolute Gasteiger partial charge is 0.317 e. The Bertz CT molecular complexity index is 441. The van der Waals surface area contributed by atoms with Crippen LogP contribution in [0.4, 0.5) is 8.78 Å². The van der Waals surface area contributed by atoms with E-state index in [0.717, 1.165) is 37.8 Å². The summed E-state index contributed by atoms with van der Waals surface area (Å²) >= 11 is 0. The van der Waals surface area contributed by atoms with E-state index in [9.17, 15) is 8.78 Å². The quantitative estimate of drug-likeness (QED) is 0.903. The third-order valence-corrected chi connectivity index (χ3v) is 4.51. The van der Waals surface area contributed by atoms with Crippen LogP contribution in [0.5, 0.6) is 0 Å². The van der Waals surface area contributed by atoms with Crippen molar-refractivity contribution in [2.45, 2.75) is 25.8 Å². The van der Waals surface area contributed by atoms with Gasteiger partial charge in [0.05, 0.1) is 0 Å². The van der Waals surface area contributed by atoms with Crippen molar-refractivity contribution in [3.05, 3.63) is 35.4 Å². The van der Waals surface area contributed by atoms with Crippen molar-refractivity contribution in [1.29, 1.82) is 0 Å². The summed E-state index contributed by atoms with van der Waals surface area (Å²) in [6.07, 6.45) is 3.66. The maximum absolute atomic E-state index is 13.2. The molecule has 20 heavy (non-hydrogen) atoms. The molecule has 1 aromatic rings. The van der Waals surface area contributed by atoms with Gasteiger partial charge in [-0.15, -0.1) is 12.4 Å². The van der Waals surface area contributed by atoms with Crippen molar-refractivity contribution in [3.63, 3.8) is 0 Å². The minimum Gasteiger partial charge on any atom is -0.317 e. The van der Waals surface area contributed by atoms with Gasteiger partial charge >= 0.3 is 0 Å². The van der Waals surface area contributed by atoms with E-state index in [4.69, 9.17) is 0 Å². The molecule has 2 aliphatic rings. The van der Waals surface area contributed by atoms with Crippen LogP contribution in [0.3, 0.4) is 0 Å². The number of hydrogen-bond acceptors (Lipinski definition) is 2. The summed E-state index contributed by atoms with van der Waals surface area (Å²) in [5, 5.41) is 3.40. The third-order valence-electron chi connectivity index (χ3n) is 4.51. The number of likely N-dealkylation sites (tertiary alicyclic amines) is 1. The van der Waals surface area contributed by atoms with Gasteiger partial charge in [-0.2, -0.15) is 0 Å². The molecule has 0 atom stereocenters. The molecule has 0 bridgehead atoms. The summed E-state index contributed by atoms with van der Waals surface area (Å²) in [5.41, 5.74) is 1.18. The van der Waals surface area contributed by atoms with Gasteiger partial charge in [0.1, 0.15) is 11.6 Å². The Kier molecular flexibility index (Phi) is 4.99. The van der Waals surface area contributed by atoms with Crippen molar-refractivity contribution in [2.24, 2.45) is 5.41 Å². The van der Waals surface area contributed by atoms with Crippen molar-refractivity contribution in [3.8, 4) is 0 Å². The zero-order chi connectivity index (χ0) is 13.3. The monoisotopic (exact) mass is 302 g/mol. The van der Waals surface area contributed by atoms with E-state index in [1.54, 1.807) is 0 Å². The SMILES string of the molecule is Cl.Fc1cc(F)cc(CN2CCC3(CCNCC3)C2)c1. The average molecular weight is 303 g/mol. The van der Waals surface area contributed by atoms with Gasteiger partial charge in [-0.3, -0.25) is 4.90 Å². The van der Waals surface area contributed by atoms with Gasteiger partial charge in [0.25, 0.3) is 0 Å². The fraction of sp³-hybridized carbons (Fsp3) is 0.600. The van der Waals surface area contributed by atoms with Crippen LogP contribution in [0.25, 0.3) is 0 Å². The first-order valence-electron chi connectivity index (χ1n) is 7.03. The first kappa shape index (κ1) is 15.7. The van der Waals surface area contributed by atoms with Gasteiger partial charge in [-0.25, -0.2) is 8.78 Å². The van der Waals surface area contributed by atoms with Crippen LogP contribution < -0.4 is 5.32 Å². The summed E-state index contributed by atoms with van der Waals surface area (Å²) in [4.78, 5) is 2.33. The zero-order valence-electron chi connectivity index (χ0n) is 11.5. The fourth-order valence-corrected chi connectivity index (χ4v) is 3.49. The lowest BCUT2D eigenvalue weighted by Crippen LogP contribution is -2.38. The Balaban J connectivity index is 0.00000147. The normalized spacial score (nSPS) is 21.9. The molecule has 0 saturated carbocycles. The van der Waals surface area contributed by atoms with Gasteiger partial charge in [-0.1, -0.05) is 0 Å². The Labute approximate surface area is 124 Å². The number of nitrogens with one attached hydrogen (secondary N) is 1. The van der Waals surface area contributed by atoms with E-state index in [-0.39, 0.29) is 12.4 Å². The number of halogens is 3. The Hall–Kier alpha value is -0.710. The minimum absolute atomic E-state index is 0. The number of benzene rings is 1. The molecule has 0 radical (unpaired) electrons. The second-order valence-electron chi connectivity index (χ2n) is 5.99. The summed E-state index contributed by atoms with van der Waals surface area (Å²) < 4.78 is 26.4. The molecule has 0 aromatic heterocycles. The van der Waals surface area contributed by atoms with Crippen LogP contribution in [0, 0.1) is 17.0 Å². The highest BCUT2D eigenvalue weighted by atomic mass is 35.5. The fourth-order valence-electron chi connectivity index (χ4n) is 3.49. The molecule has 112 valence electrons. The first-order chi connectivity index (χ1) is 9.15. The van der Waals surface area contributed by atoms with Crippen molar-refractivity contribution >= 4 is 12.4 Å². The van der Waals surface area contributed by atoms with Gasteiger partial charge in [0.15, 0.2) is 0 Å². The van der Waals surface area contributed by atoms with Crippen LogP contribution >= 0.6 is 12.4 Å². The molecule has 2 fully saturated rings. The summed E-state index contributed by atoms with van der Waals surface area (Å²) in [7, 11) is 0. The average Bonchev–Trinajstić information content (AvgIpc) is 2.71. The Morgan fingerprint density at radius 2 is 1.70 bits per heavy atom. The molecule has 3 rings (SSSR count). The topological polar surface area (TPSA) is 15.3 Å². The van der Waals surface area contributed by atoms with E-state index < -0.39 is 11.6 Å². The highest BCUT2D eigenvalue weighted by Gasteiger charge is 2.38. The lowest BCUT2D eigenvalue weighted by atomic mass is 9.78.